The van der Waals surface area contributed by atoms with Crippen LogP contribution in [0.3, 0.4) is 0 Å². The van der Waals surface area contributed by atoms with Crippen molar-refractivity contribution in [2.24, 2.45) is 0 Å². The highest BCUT2D eigenvalue weighted by Gasteiger charge is 2.14. The number of amides is 1. The molecule has 1 heterocycles. The van der Waals surface area contributed by atoms with E-state index in [0.29, 0.717) is 34.0 Å². The van der Waals surface area contributed by atoms with Gasteiger partial charge in [-0.2, -0.15) is 0 Å². The molecule has 1 amide bonds. The van der Waals surface area contributed by atoms with Crippen molar-refractivity contribution in [2.45, 2.75) is 6.92 Å². The Bertz CT molecular complexity index is 955. The molecule has 0 aliphatic rings. The van der Waals surface area contributed by atoms with Gasteiger partial charge in [0.2, 0.25) is 5.91 Å². The zero-order chi connectivity index (χ0) is 17.3. The molecule has 0 fully saturated rings. The average Bonchev–Trinajstić information content (AvgIpc) is 2.88. The Balaban J connectivity index is 1.93. The summed E-state index contributed by atoms with van der Waals surface area (Å²) in [6.07, 6.45) is 0.566. The van der Waals surface area contributed by atoms with E-state index in [2.05, 4.69) is 10.3 Å². The van der Waals surface area contributed by atoms with Gasteiger partial charge in [-0.05, 0) is 30.3 Å². The summed E-state index contributed by atoms with van der Waals surface area (Å²) in [5.41, 5.74) is 2.18. The molecule has 2 aromatic carbocycles. The van der Waals surface area contributed by atoms with Crippen molar-refractivity contribution >= 4 is 34.6 Å². The number of rotatable bonds is 4. The second-order valence-electron chi connectivity index (χ2n) is 5.35. The molecule has 0 atom stereocenters. The molecule has 6 heteroatoms. The van der Waals surface area contributed by atoms with Gasteiger partial charge in [-0.1, -0.05) is 12.1 Å². The summed E-state index contributed by atoms with van der Waals surface area (Å²) in [7, 11) is 0. The van der Waals surface area contributed by atoms with E-state index < -0.39 is 0 Å². The van der Waals surface area contributed by atoms with Gasteiger partial charge in [0.1, 0.15) is 0 Å². The third kappa shape index (κ3) is 2.77. The molecule has 24 heavy (non-hydrogen) atoms. The van der Waals surface area contributed by atoms with Gasteiger partial charge in [-0.15, -0.1) is 0 Å². The van der Waals surface area contributed by atoms with Crippen molar-refractivity contribution in [1.82, 2.24) is 4.98 Å². The topological polar surface area (TPSA) is 99.3 Å². The molecule has 6 nitrogen and oxygen atoms in total. The standard InChI is InChI=1S/C18H14N2O4/c1-10(22)19-13-5-2-11(3-6-13)17(23)12-4-7-14-15(9-21)18(24)20-16(14)8-12/h2-9,20,24H,1H3,(H,19,22). The van der Waals surface area contributed by atoms with E-state index in [0.717, 1.165) is 0 Å². The highest BCUT2D eigenvalue weighted by molar-refractivity contribution is 6.11. The molecule has 0 saturated carbocycles. The van der Waals surface area contributed by atoms with Crippen LogP contribution < -0.4 is 5.32 Å². The van der Waals surface area contributed by atoms with Gasteiger partial charge in [0, 0.05) is 34.6 Å². The van der Waals surface area contributed by atoms with Gasteiger partial charge < -0.3 is 15.4 Å². The Kier molecular flexibility index (Phi) is 3.87. The molecular weight excluding hydrogens is 308 g/mol. The molecule has 120 valence electrons. The van der Waals surface area contributed by atoms with Crippen LogP contribution in [0.5, 0.6) is 5.88 Å². The minimum atomic E-state index is -0.218. The molecule has 0 saturated heterocycles. The van der Waals surface area contributed by atoms with Crippen LogP contribution in [-0.4, -0.2) is 28.1 Å². The lowest BCUT2D eigenvalue weighted by Crippen LogP contribution is -2.06. The number of nitrogens with one attached hydrogen (secondary N) is 2. The molecule has 0 spiro atoms. The monoisotopic (exact) mass is 322 g/mol. The fraction of sp³-hybridized carbons (Fsp3) is 0.0556. The van der Waals surface area contributed by atoms with E-state index in [1.54, 1.807) is 42.5 Å². The van der Waals surface area contributed by atoms with Gasteiger partial charge in [-0.3, -0.25) is 14.4 Å². The van der Waals surface area contributed by atoms with Gasteiger partial charge >= 0.3 is 0 Å². The molecule has 3 N–H and O–H groups in total. The predicted molar refractivity (Wildman–Crippen MR) is 89.5 cm³/mol. The second kappa shape index (κ2) is 6.00. The van der Waals surface area contributed by atoms with Crippen LogP contribution in [0.15, 0.2) is 42.5 Å². The Hall–Kier alpha value is -3.41. The summed E-state index contributed by atoms with van der Waals surface area (Å²) < 4.78 is 0. The van der Waals surface area contributed by atoms with Crippen molar-refractivity contribution in [3.8, 4) is 5.88 Å². The fourth-order valence-electron chi connectivity index (χ4n) is 2.54. The number of aldehydes is 1. The van der Waals surface area contributed by atoms with E-state index in [4.69, 9.17) is 0 Å². The Morgan fingerprint density at radius 3 is 2.38 bits per heavy atom. The first kappa shape index (κ1) is 15.5. The average molecular weight is 322 g/mol. The minimum absolute atomic E-state index is 0.170. The molecule has 3 rings (SSSR count). The lowest BCUT2D eigenvalue weighted by molar-refractivity contribution is -0.114. The van der Waals surface area contributed by atoms with E-state index in [-0.39, 0.29) is 23.1 Å². The van der Waals surface area contributed by atoms with Crippen molar-refractivity contribution in [1.29, 1.82) is 0 Å². The number of aromatic hydroxyl groups is 1. The maximum absolute atomic E-state index is 12.6. The van der Waals surface area contributed by atoms with E-state index in [1.807, 2.05) is 0 Å². The number of hydrogen-bond donors (Lipinski definition) is 3. The molecule has 0 radical (unpaired) electrons. The largest absolute Gasteiger partial charge is 0.494 e. The summed E-state index contributed by atoms with van der Waals surface area (Å²) in [6, 6.07) is 11.4. The molecule has 0 aliphatic carbocycles. The molecule has 0 unspecified atom stereocenters. The first-order valence-electron chi connectivity index (χ1n) is 7.22. The predicted octanol–water partition coefficient (Wildman–Crippen LogP) is 2.88. The van der Waals surface area contributed by atoms with Crippen LogP contribution in [0.2, 0.25) is 0 Å². The summed E-state index contributed by atoms with van der Waals surface area (Å²) in [6.45, 7) is 1.41. The highest BCUT2D eigenvalue weighted by atomic mass is 16.3. The van der Waals surface area contributed by atoms with Crippen LogP contribution in [0.25, 0.3) is 10.9 Å². The molecule has 1 aromatic heterocycles. The number of hydrogen-bond acceptors (Lipinski definition) is 4. The third-order valence-corrected chi connectivity index (χ3v) is 3.67. The van der Waals surface area contributed by atoms with Crippen LogP contribution in [0, 0.1) is 0 Å². The van der Waals surface area contributed by atoms with Gasteiger partial charge in [0.15, 0.2) is 17.9 Å². The third-order valence-electron chi connectivity index (χ3n) is 3.67. The van der Waals surface area contributed by atoms with Crippen molar-refractivity contribution in [3.63, 3.8) is 0 Å². The van der Waals surface area contributed by atoms with Crippen molar-refractivity contribution in [2.75, 3.05) is 5.32 Å². The van der Waals surface area contributed by atoms with E-state index >= 15 is 0 Å². The lowest BCUT2D eigenvalue weighted by Gasteiger charge is -2.05. The fourth-order valence-corrected chi connectivity index (χ4v) is 2.54. The van der Waals surface area contributed by atoms with E-state index in [1.165, 1.54) is 6.92 Å². The maximum atomic E-state index is 12.6. The van der Waals surface area contributed by atoms with Crippen LogP contribution in [0.4, 0.5) is 5.69 Å². The zero-order valence-electron chi connectivity index (χ0n) is 12.8. The van der Waals surface area contributed by atoms with Gasteiger partial charge in [0.05, 0.1) is 5.56 Å². The first-order valence-corrected chi connectivity index (χ1v) is 7.22. The molecular formula is C18H14N2O4. The number of anilines is 1. The first-order chi connectivity index (χ1) is 11.5. The van der Waals surface area contributed by atoms with Crippen LogP contribution >= 0.6 is 0 Å². The summed E-state index contributed by atoms with van der Waals surface area (Å²) >= 11 is 0. The Morgan fingerprint density at radius 1 is 1.08 bits per heavy atom. The summed E-state index contributed by atoms with van der Waals surface area (Å²) in [5.74, 6) is -0.602. The number of aromatic amines is 1. The second-order valence-corrected chi connectivity index (χ2v) is 5.35. The Morgan fingerprint density at radius 2 is 1.75 bits per heavy atom. The number of carbonyl (C=O) groups excluding carboxylic acids is 3. The number of benzene rings is 2. The minimum Gasteiger partial charge on any atom is -0.494 e. The number of H-pyrrole nitrogens is 1. The number of carbonyl (C=O) groups is 3. The SMILES string of the molecule is CC(=O)Nc1ccc(C(=O)c2ccc3c(C=O)c(O)[nH]c3c2)cc1. The van der Waals surface area contributed by atoms with Crippen LogP contribution in [-0.2, 0) is 4.79 Å². The van der Waals surface area contributed by atoms with Gasteiger partial charge in [-0.25, -0.2) is 0 Å². The van der Waals surface area contributed by atoms with E-state index in [9.17, 15) is 19.5 Å². The normalized spacial score (nSPS) is 10.5. The molecule has 0 aliphatic heterocycles. The number of ketones is 1. The van der Waals surface area contributed by atoms with Crippen molar-refractivity contribution < 1.29 is 19.5 Å². The summed E-state index contributed by atoms with van der Waals surface area (Å²) in [5, 5.41) is 12.9. The van der Waals surface area contributed by atoms with Gasteiger partial charge in [0.25, 0.3) is 0 Å². The smallest absolute Gasteiger partial charge is 0.221 e. The maximum Gasteiger partial charge on any atom is 0.221 e. The quantitative estimate of drug-likeness (QED) is 0.508. The number of aromatic nitrogens is 1. The molecule has 3 aromatic rings. The Labute approximate surface area is 137 Å². The highest BCUT2D eigenvalue weighted by Crippen LogP contribution is 2.27. The van der Waals surface area contributed by atoms with Crippen molar-refractivity contribution in [3.05, 3.63) is 59.2 Å². The zero-order valence-corrected chi connectivity index (χ0v) is 12.8. The number of fused-ring (bicyclic) bond motifs is 1. The van der Waals surface area contributed by atoms with Crippen LogP contribution in [0.1, 0.15) is 33.2 Å². The lowest BCUT2D eigenvalue weighted by atomic mass is 10.0. The summed E-state index contributed by atoms with van der Waals surface area (Å²) in [4.78, 5) is 37.2. The molecule has 0 bridgehead atoms.